The zero-order valence-electron chi connectivity index (χ0n) is 19.5. The van der Waals surface area contributed by atoms with E-state index in [4.69, 9.17) is 23.2 Å². The molecular formula is C27H26Cl2FN3O2S. The first kappa shape index (κ1) is 25.2. The van der Waals surface area contributed by atoms with Crippen LogP contribution in [-0.2, 0) is 0 Å². The zero-order valence-corrected chi connectivity index (χ0v) is 21.8. The predicted molar refractivity (Wildman–Crippen MR) is 141 cm³/mol. The summed E-state index contributed by atoms with van der Waals surface area (Å²) in [5.74, 6) is -0.395. The molecule has 2 unspecified atom stereocenters. The van der Waals surface area contributed by atoms with Gasteiger partial charge in [-0.1, -0.05) is 59.6 Å². The molecular weight excluding hydrogens is 520 g/mol. The summed E-state index contributed by atoms with van der Waals surface area (Å²) in [5, 5.41) is 5.59. The summed E-state index contributed by atoms with van der Waals surface area (Å²) in [6, 6.07) is 15.9. The van der Waals surface area contributed by atoms with Gasteiger partial charge < -0.3 is 15.1 Å². The van der Waals surface area contributed by atoms with E-state index >= 15 is 0 Å². The van der Waals surface area contributed by atoms with E-state index in [2.05, 4.69) is 10.2 Å². The van der Waals surface area contributed by atoms with Crippen LogP contribution in [-0.4, -0.2) is 54.3 Å². The van der Waals surface area contributed by atoms with Crippen molar-refractivity contribution < 1.29 is 14.0 Å². The van der Waals surface area contributed by atoms with E-state index in [1.807, 2.05) is 35.7 Å². The van der Waals surface area contributed by atoms with Crippen molar-refractivity contribution in [3.8, 4) is 0 Å². The molecule has 5 nitrogen and oxygen atoms in total. The van der Waals surface area contributed by atoms with Gasteiger partial charge in [0.15, 0.2) is 0 Å². The number of carbonyl (C=O) groups excluding carboxylic acids is 2. The average molecular weight is 546 g/mol. The van der Waals surface area contributed by atoms with Gasteiger partial charge in [0.2, 0.25) is 0 Å². The summed E-state index contributed by atoms with van der Waals surface area (Å²) >= 11 is 13.6. The molecule has 1 N–H and O–H groups in total. The molecule has 0 spiro atoms. The topological polar surface area (TPSA) is 52.7 Å². The Hall–Kier alpha value is -2.45. The number of rotatable bonds is 7. The van der Waals surface area contributed by atoms with Crippen LogP contribution in [0.1, 0.15) is 38.1 Å². The van der Waals surface area contributed by atoms with Crippen molar-refractivity contribution in [1.29, 1.82) is 0 Å². The van der Waals surface area contributed by atoms with Gasteiger partial charge in [-0.25, -0.2) is 4.39 Å². The second kappa shape index (κ2) is 10.9. The number of thiophene rings is 1. The maximum Gasteiger partial charge on any atom is 0.263 e. The number of carbonyl (C=O) groups is 2. The second-order valence-corrected chi connectivity index (χ2v) is 11.1. The molecule has 9 heteroatoms. The maximum absolute atomic E-state index is 14.2. The van der Waals surface area contributed by atoms with Crippen LogP contribution < -0.4 is 5.32 Å². The standard InChI is InChI=1S/C27H26Cl2FN3O2S/c28-20-7-4-8-22(30)24(20)27(35)33-15-18-13-32(14-19(18)16-33)11-9-23(17-5-2-1-3-6-17)31-26(34)25-21(29)10-12-36-25/h1-8,10,12,18-19,23H,9,11,13-16H2,(H,31,34)/t18-,19?,23?/m0/s1. The van der Waals surface area contributed by atoms with E-state index in [0.717, 1.165) is 31.6 Å². The Bertz CT molecular complexity index is 1220. The fraction of sp³-hybridized carbons (Fsp3) is 0.333. The van der Waals surface area contributed by atoms with E-state index in [-0.39, 0.29) is 28.4 Å². The van der Waals surface area contributed by atoms with Crippen LogP contribution in [0, 0.1) is 17.7 Å². The molecule has 3 aromatic rings. The molecule has 2 saturated heterocycles. The lowest BCUT2D eigenvalue weighted by Gasteiger charge is -2.25. The van der Waals surface area contributed by atoms with Crippen LogP contribution in [0.15, 0.2) is 60.0 Å². The lowest BCUT2D eigenvalue weighted by atomic mass is 10.0. The summed E-state index contributed by atoms with van der Waals surface area (Å²) in [6.07, 6.45) is 0.756. The average Bonchev–Trinajstić information content (AvgIpc) is 3.57. The minimum absolute atomic E-state index is 0.0386. The fourth-order valence-corrected chi connectivity index (χ4v) is 6.59. The van der Waals surface area contributed by atoms with Crippen molar-refractivity contribution in [2.75, 3.05) is 32.7 Å². The fourth-order valence-electron chi connectivity index (χ4n) is 5.30. The summed E-state index contributed by atoms with van der Waals surface area (Å²) in [5.41, 5.74) is 1.01. The zero-order chi connectivity index (χ0) is 25.2. The molecule has 2 amide bonds. The SMILES string of the molecule is O=C(NC(CCN1CC2CN(C(=O)c3c(F)cccc3Cl)C[C@@H]2C1)c1ccccc1)c1sccc1Cl. The molecule has 2 aliphatic rings. The maximum atomic E-state index is 14.2. The largest absolute Gasteiger partial charge is 0.344 e. The van der Waals surface area contributed by atoms with E-state index in [0.29, 0.717) is 34.8 Å². The highest BCUT2D eigenvalue weighted by atomic mass is 35.5. The Labute approximate surface area is 223 Å². The minimum Gasteiger partial charge on any atom is -0.344 e. The number of nitrogens with one attached hydrogen (secondary N) is 1. The molecule has 188 valence electrons. The third-order valence-corrected chi connectivity index (χ3v) is 8.75. The summed E-state index contributed by atoms with van der Waals surface area (Å²) in [7, 11) is 0. The Morgan fingerprint density at radius 3 is 2.33 bits per heavy atom. The van der Waals surface area contributed by atoms with Crippen LogP contribution in [0.2, 0.25) is 10.0 Å². The van der Waals surface area contributed by atoms with Gasteiger partial charge in [-0.15, -0.1) is 11.3 Å². The smallest absolute Gasteiger partial charge is 0.263 e. The Kier molecular flexibility index (Phi) is 7.62. The van der Waals surface area contributed by atoms with Crippen molar-refractivity contribution in [3.63, 3.8) is 0 Å². The van der Waals surface area contributed by atoms with Crippen molar-refractivity contribution in [1.82, 2.24) is 15.1 Å². The molecule has 2 aliphatic heterocycles. The molecule has 36 heavy (non-hydrogen) atoms. The molecule has 3 atom stereocenters. The quantitative estimate of drug-likeness (QED) is 0.410. The number of likely N-dealkylation sites (tertiary alicyclic amines) is 2. The number of hydrogen-bond donors (Lipinski definition) is 1. The second-order valence-electron chi connectivity index (χ2n) is 9.41. The van der Waals surface area contributed by atoms with Crippen LogP contribution in [0.4, 0.5) is 4.39 Å². The highest BCUT2D eigenvalue weighted by Gasteiger charge is 2.42. The molecule has 0 aliphatic carbocycles. The third-order valence-electron chi connectivity index (χ3n) is 7.09. The van der Waals surface area contributed by atoms with Crippen LogP contribution in [0.25, 0.3) is 0 Å². The molecule has 2 fully saturated rings. The molecule has 3 heterocycles. The van der Waals surface area contributed by atoms with Crippen molar-refractivity contribution in [3.05, 3.63) is 91.8 Å². The van der Waals surface area contributed by atoms with Crippen LogP contribution >= 0.6 is 34.5 Å². The molecule has 0 radical (unpaired) electrons. The number of halogens is 3. The number of fused-ring (bicyclic) bond motifs is 1. The van der Waals surface area contributed by atoms with Gasteiger partial charge >= 0.3 is 0 Å². The first-order valence-corrected chi connectivity index (χ1v) is 13.6. The third kappa shape index (κ3) is 5.30. The molecule has 5 rings (SSSR count). The summed E-state index contributed by atoms with van der Waals surface area (Å²) in [4.78, 5) is 30.4. The van der Waals surface area contributed by atoms with Gasteiger partial charge in [-0.2, -0.15) is 0 Å². The van der Waals surface area contributed by atoms with Crippen molar-refractivity contribution >= 4 is 46.4 Å². The van der Waals surface area contributed by atoms with Gasteiger partial charge in [-0.05, 0) is 47.4 Å². The van der Waals surface area contributed by atoms with Gasteiger partial charge in [0.1, 0.15) is 10.7 Å². The molecule has 0 bridgehead atoms. The van der Waals surface area contributed by atoms with E-state index in [1.165, 1.54) is 23.5 Å². The Morgan fingerprint density at radius 2 is 1.69 bits per heavy atom. The minimum atomic E-state index is -0.580. The Morgan fingerprint density at radius 1 is 0.972 bits per heavy atom. The van der Waals surface area contributed by atoms with Gasteiger partial charge in [0.05, 0.1) is 21.7 Å². The normalized spacial score (nSPS) is 20.4. The molecule has 0 saturated carbocycles. The molecule has 1 aromatic heterocycles. The highest BCUT2D eigenvalue weighted by molar-refractivity contribution is 7.12. The van der Waals surface area contributed by atoms with Crippen molar-refractivity contribution in [2.45, 2.75) is 12.5 Å². The number of hydrogen-bond acceptors (Lipinski definition) is 4. The van der Waals surface area contributed by atoms with Gasteiger partial charge in [0, 0.05) is 32.7 Å². The van der Waals surface area contributed by atoms with E-state index < -0.39 is 5.82 Å². The highest BCUT2D eigenvalue weighted by Crippen LogP contribution is 2.34. The lowest BCUT2D eigenvalue weighted by Crippen LogP contribution is -2.35. The first-order chi connectivity index (χ1) is 17.4. The van der Waals surface area contributed by atoms with Crippen LogP contribution in [0.5, 0.6) is 0 Å². The lowest BCUT2D eigenvalue weighted by molar-refractivity contribution is 0.0769. The van der Waals surface area contributed by atoms with E-state index in [9.17, 15) is 14.0 Å². The predicted octanol–water partition coefficient (Wildman–Crippen LogP) is 5.76. The van der Waals surface area contributed by atoms with Gasteiger partial charge in [0.25, 0.3) is 11.8 Å². The van der Waals surface area contributed by atoms with E-state index in [1.54, 1.807) is 17.0 Å². The number of amides is 2. The van der Waals surface area contributed by atoms with Crippen molar-refractivity contribution in [2.24, 2.45) is 11.8 Å². The summed E-state index contributed by atoms with van der Waals surface area (Å²) in [6.45, 7) is 3.75. The Balaban J connectivity index is 1.19. The summed E-state index contributed by atoms with van der Waals surface area (Å²) < 4.78 is 14.2. The van der Waals surface area contributed by atoms with Gasteiger partial charge in [-0.3, -0.25) is 9.59 Å². The molecule has 2 aromatic carbocycles. The number of benzene rings is 2. The first-order valence-electron chi connectivity index (χ1n) is 11.9. The monoisotopic (exact) mass is 545 g/mol. The number of nitrogens with zero attached hydrogens (tertiary/aromatic N) is 2. The van der Waals surface area contributed by atoms with Crippen LogP contribution in [0.3, 0.4) is 0 Å².